The first-order valence-electron chi connectivity index (χ1n) is 6.08. The molecule has 18 heavy (non-hydrogen) atoms. The number of rotatable bonds is 1. The summed E-state index contributed by atoms with van der Waals surface area (Å²) in [6.07, 6.45) is 3.45. The van der Waals surface area contributed by atoms with Crippen molar-refractivity contribution in [3.8, 4) is 0 Å². The molecule has 1 aliphatic heterocycles. The lowest BCUT2D eigenvalue weighted by atomic mass is 10.0. The van der Waals surface area contributed by atoms with Crippen molar-refractivity contribution in [3.63, 3.8) is 0 Å². The molecule has 4 heteroatoms. The number of anilines is 1. The summed E-state index contributed by atoms with van der Waals surface area (Å²) < 4.78 is 4.85. The Bertz CT molecular complexity index is 589. The van der Waals surface area contributed by atoms with Gasteiger partial charge in [0.1, 0.15) is 11.8 Å². The standard InChI is InChI=1S/C14H14N2O2/c1-10-12(9-18-15-10)14(17)16-8-4-6-11-5-2-3-7-13(11)16/h2-3,5,7,9H,4,6,8H2,1H3. The van der Waals surface area contributed by atoms with E-state index in [2.05, 4.69) is 11.2 Å². The Morgan fingerprint density at radius 2 is 2.22 bits per heavy atom. The smallest absolute Gasteiger partial charge is 0.263 e. The molecule has 0 bridgehead atoms. The van der Waals surface area contributed by atoms with E-state index < -0.39 is 0 Å². The summed E-state index contributed by atoms with van der Waals surface area (Å²) in [6.45, 7) is 2.53. The van der Waals surface area contributed by atoms with Gasteiger partial charge in [0.25, 0.3) is 5.91 Å². The molecule has 0 saturated heterocycles. The van der Waals surface area contributed by atoms with Crippen molar-refractivity contribution in [1.29, 1.82) is 0 Å². The van der Waals surface area contributed by atoms with Crippen molar-refractivity contribution in [2.45, 2.75) is 19.8 Å². The van der Waals surface area contributed by atoms with Gasteiger partial charge < -0.3 is 9.42 Å². The van der Waals surface area contributed by atoms with Gasteiger partial charge in [-0.15, -0.1) is 0 Å². The molecule has 1 aliphatic rings. The van der Waals surface area contributed by atoms with Crippen molar-refractivity contribution >= 4 is 11.6 Å². The van der Waals surface area contributed by atoms with Gasteiger partial charge in [0, 0.05) is 12.2 Å². The number of benzene rings is 1. The lowest BCUT2D eigenvalue weighted by molar-refractivity contribution is 0.0984. The Morgan fingerprint density at radius 3 is 3.00 bits per heavy atom. The molecule has 0 aliphatic carbocycles. The number of nitrogens with zero attached hydrogens (tertiary/aromatic N) is 2. The van der Waals surface area contributed by atoms with Crippen molar-refractivity contribution in [3.05, 3.63) is 47.3 Å². The number of aromatic nitrogens is 1. The lowest BCUT2D eigenvalue weighted by Gasteiger charge is -2.29. The summed E-state index contributed by atoms with van der Waals surface area (Å²) in [7, 11) is 0. The van der Waals surface area contributed by atoms with Crippen molar-refractivity contribution in [2.75, 3.05) is 11.4 Å². The molecule has 2 heterocycles. The van der Waals surface area contributed by atoms with Crippen LogP contribution in [0.1, 0.15) is 28.0 Å². The summed E-state index contributed by atoms with van der Waals surface area (Å²) in [5.74, 6) is -0.0269. The van der Waals surface area contributed by atoms with Crippen LogP contribution in [0.25, 0.3) is 0 Å². The van der Waals surface area contributed by atoms with Gasteiger partial charge in [-0.25, -0.2) is 0 Å². The second kappa shape index (κ2) is 4.29. The van der Waals surface area contributed by atoms with Crippen LogP contribution in [0, 0.1) is 6.92 Å². The fourth-order valence-electron chi connectivity index (χ4n) is 2.39. The number of aryl methyl sites for hydroxylation is 2. The van der Waals surface area contributed by atoms with Crippen molar-refractivity contribution in [1.82, 2.24) is 5.16 Å². The SMILES string of the molecule is Cc1nocc1C(=O)N1CCCc2ccccc21. The number of fused-ring (bicyclic) bond motifs is 1. The molecule has 3 rings (SSSR count). The topological polar surface area (TPSA) is 46.3 Å². The molecule has 1 aromatic carbocycles. The summed E-state index contributed by atoms with van der Waals surface area (Å²) in [6, 6.07) is 8.05. The highest BCUT2D eigenvalue weighted by molar-refractivity contribution is 6.07. The average molecular weight is 242 g/mol. The highest BCUT2D eigenvalue weighted by Crippen LogP contribution is 2.28. The molecule has 0 atom stereocenters. The molecule has 2 aromatic rings. The average Bonchev–Trinajstić information content (AvgIpc) is 2.83. The van der Waals surface area contributed by atoms with E-state index in [1.165, 1.54) is 11.8 Å². The quantitative estimate of drug-likeness (QED) is 0.772. The molecule has 0 N–H and O–H groups in total. The monoisotopic (exact) mass is 242 g/mol. The molecular weight excluding hydrogens is 228 g/mol. The first-order chi connectivity index (χ1) is 8.77. The minimum Gasteiger partial charge on any atom is -0.364 e. The third-order valence-corrected chi connectivity index (χ3v) is 3.34. The van der Waals surface area contributed by atoms with Gasteiger partial charge in [-0.3, -0.25) is 4.79 Å². The van der Waals surface area contributed by atoms with Crippen molar-refractivity contribution in [2.24, 2.45) is 0 Å². The van der Waals surface area contributed by atoms with E-state index in [9.17, 15) is 4.79 Å². The Kier molecular flexibility index (Phi) is 2.63. The predicted molar refractivity (Wildman–Crippen MR) is 67.7 cm³/mol. The summed E-state index contributed by atoms with van der Waals surface area (Å²) >= 11 is 0. The van der Waals surface area contributed by atoms with Gasteiger partial charge in [-0.05, 0) is 31.4 Å². The van der Waals surface area contributed by atoms with Crippen LogP contribution in [0.15, 0.2) is 35.1 Å². The molecule has 0 unspecified atom stereocenters. The Morgan fingerprint density at radius 1 is 1.39 bits per heavy atom. The van der Waals surface area contributed by atoms with Gasteiger partial charge in [0.15, 0.2) is 0 Å². The first kappa shape index (κ1) is 11.0. The minimum absolute atomic E-state index is 0.0269. The minimum atomic E-state index is -0.0269. The second-order valence-electron chi connectivity index (χ2n) is 4.50. The van der Waals surface area contributed by atoms with Crippen LogP contribution in [-0.2, 0) is 6.42 Å². The molecule has 0 saturated carbocycles. The maximum absolute atomic E-state index is 12.5. The number of amides is 1. The molecule has 0 radical (unpaired) electrons. The first-order valence-corrected chi connectivity index (χ1v) is 6.08. The van der Waals surface area contributed by atoms with Gasteiger partial charge in [0.2, 0.25) is 0 Å². The Labute approximate surface area is 105 Å². The normalized spacial score (nSPS) is 14.4. The third kappa shape index (κ3) is 1.70. The fraction of sp³-hybridized carbons (Fsp3) is 0.286. The summed E-state index contributed by atoms with van der Waals surface area (Å²) in [4.78, 5) is 14.3. The predicted octanol–water partition coefficient (Wildman–Crippen LogP) is 2.58. The largest absolute Gasteiger partial charge is 0.364 e. The fourth-order valence-corrected chi connectivity index (χ4v) is 2.39. The Hall–Kier alpha value is -2.10. The Balaban J connectivity index is 2.00. The highest BCUT2D eigenvalue weighted by Gasteiger charge is 2.25. The zero-order chi connectivity index (χ0) is 12.5. The van der Waals surface area contributed by atoms with Crippen LogP contribution in [0.3, 0.4) is 0 Å². The van der Waals surface area contributed by atoms with Gasteiger partial charge in [-0.1, -0.05) is 23.4 Å². The third-order valence-electron chi connectivity index (χ3n) is 3.34. The maximum atomic E-state index is 12.5. The highest BCUT2D eigenvalue weighted by atomic mass is 16.5. The zero-order valence-electron chi connectivity index (χ0n) is 10.2. The molecule has 1 amide bonds. The van der Waals surface area contributed by atoms with Crippen LogP contribution in [-0.4, -0.2) is 17.6 Å². The van der Waals surface area contributed by atoms with E-state index in [-0.39, 0.29) is 5.91 Å². The van der Waals surface area contributed by atoms with Crippen LogP contribution in [0.5, 0.6) is 0 Å². The molecule has 0 fully saturated rings. The van der Waals surface area contributed by atoms with E-state index in [4.69, 9.17) is 4.52 Å². The van der Waals surface area contributed by atoms with Gasteiger partial charge in [-0.2, -0.15) is 0 Å². The van der Waals surface area contributed by atoms with Crippen LogP contribution < -0.4 is 4.90 Å². The molecule has 4 nitrogen and oxygen atoms in total. The number of carbonyl (C=O) groups excluding carboxylic acids is 1. The maximum Gasteiger partial charge on any atom is 0.263 e. The molecule has 0 spiro atoms. The van der Waals surface area contributed by atoms with Crippen molar-refractivity contribution < 1.29 is 9.32 Å². The molecular formula is C14H14N2O2. The summed E-state index contributed by atoms with van der Waals surface area (Å²) in [5, 5.41) is 3.77. The van der Waals surface area contributed by atoms with Crippen LogP contribution in [0.2, 0.25) is 0 Å². The zero-order valence-corrected chi connectivity index (χ0v) is 10.2. The van der Waals surface area contributed by atoms with E-state index >= 15 is 0 Å². The molecule has 92 valence electrons. The second-order valence-corrected chi connectivity index (χ2v) is 4.50. The number of para-hydroxylation sites is 1. The number of carbonyl (C=O) groups is 1. The summed E-state index contributed by atoms with van der Waals surface area (Å²) in [5.41, 5.74) is 3.43. The lowest BCUT2D eigenvalue weighted by Crippen LogP contribution is -2.35. The number of hydrogen-bond acceptors (Lipinski definition) is 3. The van der Waals surface area contributed by atoms with E-state index in [1.54, 1.807) is 6.92 Å². The number of hydrogen-bond donors (Lipinski definition) is 0. The van der Waals surface area contributed by atoms with Crippen LogP contribution in [0.4, 0.5) is 5.69 Å². The van der Waals surface area contributed by atoms with E-state index in [0.717, 1.165) is 25.1 Å². The van der Waals surface area contributed by atoms with Gasteiger partial charge >= 0.3 is 0 Å². The van der Waals surface area contributed by atoms with Crippen LogP contribution >= 0.6 is 0 Å². The van der Waals surface area contributed by atoms with E-state index in [1.807, 2.05) is 23.1 Å². The van der Waals surface area contributed by atoms with E-state index in [0.29, 0.717) is 11.3 Å². The molecule has 1 aromatic heterocycles. The van der Waals surface area contributed by atoms with Gasteiger partial charge in [0.05, 0.1) is 5.69 Å².